The monoisotopic (exact) mass is 150 g/mol. The van der Waals surface area contributed by atoms with Gasteiger partial charge < -0.3 is 4.98 Å². The molecular formula is C7H6N2O2. The summed E-state index contributed by atoms with van der Waals surface area (Å²) >= 11 is 0. The van der Waals surface area contributed by atoms with E-state index in [0.29, 0.717) is 5.69 Å². The number of aromatic amines is 1. The maximum absolute atomic E-state index is 10.3. The first-order valence-corrected chi connectivity index (χ1v) is 3.00. The van der Waals surface area contributed by atoms with Crippen molar-refractivity contribution in [2.45, 2.75) is 6.42 Å². The van der Waals surface area contributed by atoms with E-state index in [2.05, 4.69) is 10.9 Å². The number of nitrogens with zero attached hydrogens (tertiary/aromatic N) is 1. The first-order chi connectivity index (χ1) is 5.25. The van der Waals surface area contributed by atoms with Crippen LogP contribution in [0.1, 0.15) is 5.69 Å². The van der Waals surface area contributed by atoms with Gasteiger partial charge in [0.1, 0.15) is 5.69 Å². The highest BCUT2D eigenvalue weighted by atomic mass is 16.6. The average Bonchev–Trinajstić information content (AvgIpc) is 2.36. The summed E-state index contributed by atoms with van der Waals surface area (Å²) in [6.07, 6.45) is 6.77. The summed E-state index contributed by atoms with van der Waals surface area (Å²) in [7, 11) is 0. The lowest BCUT2D eigenvalue weighted by atomic mass is 10.3. The topological polar surface area (TPSA) is 58.9 Å². The number of terminal acetylenes is 1. The Morgan fingerprint density at radius 3 is 3.09 bits per heavy atom. The van der Waals surface area contributed by atoms with Crippen molar-refractivity contribution in [2.75, 3.05) is 0 Å². The molecule has 0 radical (unpaired) electrons. The molecule has 4 heteroatoms. The van der Waals surface area contributed by atoms with E-state index in [1.807, 2.05) is 0 Å². The molecule has 0 aliphatic carbocycles. The Labute approximate surface area is 63.4 Å². The van der Waals surface area contributed by atoms with Crippen LogP contribution < -0.4 is 0 Å². The van der Waals surface area contributed by atoms with Gasteiger partial charge in [-0.1, -0.05) is 0 Å². The molecule has 4 nitrogen and oxygen atoms in total. The second-order valence-corrected chi connectivity index (χ2v) is 1.98. The molecule has 0 saturated heterocycles. The normalized spacial score (nSPS) is 9.00. The van der Waals surface area contributed by atoms with E-state index in [4.69, 9.17) is 6.42 Å². The number of aromatic nitrogens is 1. The zero-order chi connectivity index (χ0) is 8.27. The van der Waals surface area contributed by atoms with Gasteiger partial charge in [0.05, 0.1) is 11.3 Å². The summed E-state index contributed by atoms with van der Waals surface area (Å²) in [5.41, 5.74) is 0.542. The van der Waals surface area contributed by atoms with Crippen LogP contribution in [0, 0.1) is 22.5 Å². The van der Waals surface area contributed by atoms with Gasteiger partial charge in [0.25, 0.3) is 5.69 Å². The number of hydrogen-bond acceptors (Lipinski definition) is 2. The Balaban J connectivity index is 2.98. The second kappa shape index (κ2) is 2.88. The van der Waals surface area contributed by atoms with Crippen LogP contribution in [-0.2, 0) is 6.42 Å². The molecule has 0 aliphatic heterocycles. The van der Waals surface area contributed by atoms with E-state index in [-0.39, 0.29) is 12.1 Å². The van der Waals surface area contributed by atoms with E-state index >= 15 is 0 Å². The van der Waals surface area contributed by atoms with Gasteiger partial charge in [-0.25, -0.2) is 0 Å². The number of H-pyrrole nitrogens is 1. The Kier molecular flexibility index (Phi) is 1.93. The minimum Gasteiger partial charge on any atom is -0.358 e. The standard InChI is InChI=1S/C7H6N2O2/c1-2-3-6-7(9(10)11)4-5-8-6/h1,4-5,8H,3H2. The third-order valence-electron chi connectivity index (χ3n) is 1.28. The summed E-state index contributed by atoms with van der Waals surface area (Å²) in [4.78, 5) is 12.5. The van der Waals surface area contributed by atoms with Crippen LogP contribution in [0.2, 0.25) is 0 Å². The van der Waals surface area contributed by atoms with E-state index in [1.165, 1.54) is 12.3 Å². The van der Waals surface area contributed by atoms with Crippen molar-refractivity contribution in [3.05, 3.63) is 28.1 Å². The molecule has 1 heterocycles. The summed E-state index contributed by atoms with van der Waals surface area (Å²) in [6, 6.07) is 1.40. The molecule has 0 amide bonds. The smallest absolute Gasteiger partial charge is 0.290 e. The zero-order valence-corrected chi connectivity index (χ0v) is 5.70. The highest BCUT2D eigenvalue weighted by Crippen LogP contribution is 2.15. The van der Waals surface area contributed by atoms with Crippen molar-refractivity contribution in [3.63, 3.8) is 0 Å². The Hall–Kier alpha value is -1.76. The summed E-state index contributed by atoms with van der Waals surface area (Å²) in [6.45, 7) is 0. The summed E-state index contributed by atoms with van der Waals surface area (Å²) in [5, 5.41) is 10.3. The van der Waals surface area contributed by atoms with Gasteiger partial charge in [-0.2, -0.15) is 0 Å². The summed E-state index contributed by atoms with van der Waals surface area (Å²) in [5.74, 6) is 2.33. The Bertz CT molecular complexity index is 308. The minimum absolute atomic E-state index is 0.0583. The lowest BCUT2D eigenvalue weighted by Crippen LogP contribution is -1.91. The molecule has 0 spiro atoms. The maximum atomic E-state index is 10.3. The van der Waals surface area contributed by atoms with Gasteiger partial charge in [0.15, 0.2) is 0 Å². The fraction of sp³-hybridized carbons (Fsp3) is 0.143. The molecule has 1 N–H and O–H groups in total. The van der Waals surface area contributed by atoms with Gasteiger partial charge in [0.2, 0.25) is 0 Å². The number of hydrogen-bond donors (Lipinski definition) is 1. The third kappa shape index (κ3) is 1.38. The van der Waals surface area contributed by atoms with Crippen molar-refractivity contribution in [1.82, 2.24) is 4.98 Å². The summed E-state index contributed by atoms with van der Waals surface area (Å²) < 4.78 is 0. The molecule has 0 atom stereocenters. The van der Waals surface area contributed by atoms with Gasteiger partial charge in [0, 0.05) is 12.3 Å². The van der Waals surface area contributed by atoms with Crippen LogP contribution >= 0.6 is 0 Å². The molecule has 0 unspecified atom stereocenters. The molecule has 56 valence electrons. The lowest BCUT2D eigenvalue weighted by molar-refractivity contribution is -0.385. The largest absolute Gasteiger partial charge is 0.358 e. The number of nitrogens with one attached hydrogen (secondary N) is 1. The van der Waals surface area contributed by atoms with Gasteiger partial charge >= 0.3 is 0 Å². The maximum Gasteiger partial charge on any atom is 0.290 e. The molecule has 0 bridgehead atoms. The molecule has 0 saturated carbocycles. The zero-order valence-electron chi connectivity index (χ0n) is 5.70. The molecule has 1 aromatic heterocycles. The lowest BCUT2D eigenvalue weighted by Gasteiger charge is -1.88. The van der Waals surface area contributed by atoms with E-state index in [1.54, 1.807) is 0 Å². The predicted octanol–water partition coefficient (Wildman–Crippen LogP) is 1.10. The predicted molar refractivity (Wildman–Crippen MR) is 40.0 cm³/mol. The van der Waals surface area contributed by atoms with Gasteiger partial charge in [-0.3, -0.25) is 10.1 Å². The van der Waals surface area contributed by atoms with Crippen LogP contribution in [0.3, 0.4) is 0 Å². The molecule has 11 heavy (non-hydrogen) atoms. The molecular weight excluding hydrogens is 144 g/mol. The quantitative estimate of drug-likeness (QED) is 0.390. The molecule has 0 aliphatic rings. The molecule has 0 fully saturated rings. The van der Waals surface area contributed by atoms with Crippen LogP contribution in [0.25, 0.3) is 0 Å². The first-order valence-electron chi connectivity index (χ1n) is 3.00. The molecule has 1 aromatic rings. The van der Waals surface area contributed by atoms with Crippen molar-refractivity contribution in [1.29, 1.82) is 0 Å². The average molecular weight is 150 g/mol. The van der Waals surface area contributed by atoms with E-state index in [0.717, 1.165) is 0 Å². The molecule has 1 rings (SSSR count). The van der Waals surface area contributed by atoms with Crippen LogP contribution in [0.15, 0.2) is 12.3 Å². The van der Waals surface area contributed by atoms with Crippen molar-refractivity contribution >= 4 is 5.69 Å². The molecule has 0 aromatic carbocycles. The van der Waals surface area contributed by atoms with E-state index in [9.17, 15) is 10.1 Å². The van der Waals surface area contributed by atoms with Crippen LogP contribution in [-0.4, -0.2) is 9.91 Å². The van der Waals surface area contributed by atoms with Crippen molar-refractivity contribution in [2.24, 2.45) is 0 Å². The Morgan fingerprint density at radius 1 is 1.82 bits per heavy atom. The van der Waals surface area contributed by atoms with E-state index < -0.39 is 4.92 Å². The Morgan fingerprint density at radius 2 is 2.55 bits per heavy atom. The highest BCUT2D eigenvalue weighted by Gasteiger charge is 2.12. The van der Waals surface area contributed by atoms with Crippen LogP contribution in [0.5, 0.6) is 0 Å². The van der Waals surface area contributed by atoms with Crippen molar-refractivity contribution in [3.8, 4) is 12.3 Å². The van der Waals surface area contributed by atoms with Crippen LogP contribution in [0.4, 0.5) is 5.69 Å². The highest BCUT2D eigenvalue weighted by molar-refractivity contribution is 5.37. The van der Waals surface area contributed by atoms with Gasteiger partial charge in [-0.15, -0.1) is 12.3 Å². The minimum atomic E-state index is -0.455. The third-order valence-corrected chi connectivity index (χ3v) is 1.28. The second-order valence-electron chi connectivity index (χ2n) is 1.98. The SMILES string of the molecule is C#CCc1[nH]ccc1[N+](=O)[O-]. The fourth-order valence-corrected chi connectivity index (χ4v) is 0.810. The fourth-order valence-electron chi connectivity index (χ4n) is 0.810. The van der Waals surface area contributed by atoms with Gasteiger partial charge in [-0.05, 0) is 0 Å². The number of rotatable bonds is 2. The first kappa shape index (κ1) is 7.35. The number of nitro groups is 1. The van der Waals surface area contributed by atoms with Crippen molar-refractivity contribution < 1.29 is 4.92 Å².